The van der Waals surface area contributed by atoms with E-state index in [2.05, 4.69) is 10.2 Å². The number of hydrogen-bond donors (Lipinski definition) is 1. The first-order valence-electron chi connectivity index (χ1n) is 8.01. The number of urea groups is 1. The summed E-state index contributed by atoms with van der Waals surface area (Å²) in [5.74, 6) is 0.745. The second-order valence-corrected chi connectivity index (χ2v) is 6.49. The van der Waals surface area contributed by atoms with Crippen LogP contribution in [-0.2, 0) is 0 Å². The topological polar surface area (TPSA) is 35.6 Å². The number of hydrogen-bond acceptors (Lipinski definition) is 2. The lowest BCUT2D eigenvalue weighted by molar-refractivity contribution is 0.168. The van der Waals surface area contributed by atoms with Crippen molar-refractivity contribution < 1.29 is 4.79 Å². The number of carbonyl (C=O) groups is 1. The van der Waals surface area contributed by atoms with Crippen LogP contribution < -0.4 is 5.32 Å². The Morgan fingerprint density at radius 1 is 1.05 bits per heavy atom. The normalized spacial score (nSPS) is 31.2. The van der Waals surface area contributed by atoms with Crippen molar-refractivity contribution in [2.24, 2.45) is 5.92 Å². The minimum Gasteiger partial charge on any atom is -0.323 e. The van der Waals surface area contributed by atoms with E-state index in [4.69, 9.17) is 0 Å². The molecule has 1 aliphatic carbocycles. The van der Waals surface area contributed by atoms with Crippen LogP contribution in [0.15, 0.2) is 0 Å². The molecule has 4 heteroatoms. The van der Waals surface area contributed by atoms with Gasteiger partial charge >= 0.3 is 6.03 Å². The van der Waals surface area contributed by atoms with Gasteiger partial charge in [-0.15, -0.1) is 0 Å². The summed E-state index contributed by atoms with van der Waals surface area (Å²) in [5.41, 5.74) is 0. The number of likely N-dealkylation sites (N-methyl/N-ethyl adjacent to an activating group) is 1. The van der Waals surface area contributed by atoms with Crippen LogP contribution in [0.25, 0.3) is 0 Å². The average Bonchev–Trinajstić information content (AvgIpc) is 2.77. The fraction of sp³-hybridized carbons (Fsp3) is 0.933. The summed E-state index contributed by atoms with van der Waals surface area (Å²) in [6.07, 6.45) is 8.99. The maximum absolute atomic E-state index is 12.5. The highest BCUT2D eigenvalue weighted by molar-refractivity contribution is 5.77. The summed E-state index contributed by atoms with van der Waals surface area (Å²) >= 11 is 0. The Hall–Kier alpha value is -0.770. The minimum absolute atomic E-state index is 0.280. The average molecular weight is 265 g/mol. The SMILES string of the molecule is CN1C(=O)N(C2CCNCC2)CC1C1CCCCC1. The van der Waals surface area contributed by atoms with E-state index < -0.39 is 0 Å². The van der Waals surface area contributed by atoms with Gasteiger partial charge in [0.05, 0.1) is 6.04 Å². The lowest BCUT2D eigenvalue weighted by Gasteiger charge is -2.31. The van der Waals surface area contributed by atoms with E-state index >= 15 is 0 Å². The molecule has 1 N–H and O–H groups in total. The van der Waals surface area contributed by atoms with Gasteiger partial charge in [-0.2, -0.15) is 0 Å². The van der Waals surface area contributed by atoms with E-state index in [9.17, 15) is 4.79 Å². The Kier molecular flexibility index (Phi) is 3.96. The van der Waals surface area contributed by atoms with E-state index in [1.165, 1.54) is 32.1 Å². The van der Waals surface area contributed by atoms with Gasteiger partial charge in [0, 0.05) is 19.6 Å². The van der Waals surface area contributed by atoms with Crippen LogP contribution >= 0.6 is 0 Å². The lowest BCUT2D eigenvalue weighted by atomic mass is 9.83. The summed E-state index contributed by atoms with van der Waals surface area (Å²) in [5, 5.41) is 3.39. The van der Waals surface area contributed by atoms with Gasteiger partial charge in [0.2, 0.25) is 0 Å². The van der Waals surface area contributed by atoms with Gasteiger partial charge in [-0.1, -0.05) is 19.3 Å². The number of nitrogens with zero attached hydrogens (tertiary/aromatic N) is 2. The monoisotopic (exact) mass is 265 g/mol. The van der Waals surface area contributed by atoms with E-state index in [0.717, 1.165) is 38.4 Å². The van der Waals surface area contributed by atoms with Crippen LogP contribution in [0.2, 0.25) is 0 Å². The van der Waals surface area contributed by atoms with Crippen LogP contribution in [0, 0.1) is 5.92 Å². The van der Waals surface area contributed by atoms with Crippen molar-refractivity contribution in [3.8, 4) is 0 Å². The molecule has 2 heterocycles. The molecule has 0 bridgehead atoms. The fourth-order valence-electron chi connectivity index (χ4n) is 4.15. The first-order valence-corrected chi connectivity index (χ1v) is 8.01. The third kappa shape index (κ3) is 2.60. The van der Waals surface area contributed by atoms with Gasteiger partial charge in [-0.05, 0) is 44.7 Å². The zero-order chi connectivity index (χ0) is 13.2. The Labute approximate surface area is 116 Å². The number of rotatable bonds is 2. The van der Waals surface area contributed by atoms with Crippen LogP contribution in [0.3, 0.4) is 0 Å². The summed E-state index contributed by atoms with van der Waals surface area (Å²) in [6, 6.07) is 1.23. The van der Waals surface area contributed by atoms with Gasteiger partial charge in [0.25, 0.3) is 0 Å². The molecule has 3 rings (SSSR count). The first-order chi connectivity index (χ1) is 9.27. The molecule has 1 saturated carbocycles. The molecule has 4 nitrogen and oxygen atoms in total. The molecule has 0 aromatic heterocycles. The number of piperidine rings is 1. The fourth-order valence-corrected chi connectivity index (χ4v) is 4.15. The van der Waals surface area contributed by atoms with Crippen LogP contribution in [0.4, 0.5) is 4.79 Å². The van der Waals surface area contributed by atoms with Gasteiger partial charge < -0.3 is 15.1 Å². The zero-order valence-electron chi connectivity index (χ0n) is 12.1. The molecule has 2 saturated heterocycles. The van der Waals surface area contributed by atoms with E-state index in [-0.39, 0.29) is 6.03 Å². The van der Waals surface area contributed by atoms with Crippen molar-refractivity contribution in [1.29, 1.82) is 0 Å². The smallest absolute Gasteiger partial charge is 0.320 e. The van der Waals surface area contributed by atoms with Gasteiger partial charge in [-0.3, -0.25) is 0 Å². The molecule has 19 heavy (non-hydrogen) atoms. The highest BCUT2D eigenvalue weighted by atomic mass is 16.2. The third-order valence-corrected chi connectivity index (χ3v) is 5.37. The van der Waals surface area contributed by atoms with E-state index in [1.54, 1.807) is 0 Å². The van der Waals surface area contributed by atoms with E-state index in [0.29, 0.717) is 12.1 Å². The molecule has 108 valence electrons. The van der Waals surface area contributed by atoms with Crippen molar-refractivity contribution in [3.63, 3.8) is 0 Å². The maximum atomic E-state index is 12.5. The highest BCUT2D eigenvalue weighted by Crippen LogP contribution is 2.33. The molecular formula is C15H27N3O. The molecule has 3 fully saturated rings. The number of nitrogens with one attached hydrogen (secondary N) is 1. The first kappa shape index (κ1) is 13.2. The Balaban J connectivity index is 1.66. The quantitative estimate of drug-likeness (QED) is 0.829. The summed E-state index contributed by atoms with van der Waals surface area (Å²) < 4.78 is 0. The molecule has 3 aliphatic rings. The summed E-state index contributed by atoms with van der Waals surface area (Å²) in [4.78, 5) is 16.7. The van der Waals surface area contributed by atoms with Crippen LogP contribution in [0.1, 0.15) is 44.9 Å². The van der Waals surface area contributed by atoms with E-state index in [1.807, 2.05) is 11.9 Å². The molecular weight excluding hydrogens is 238 g/mol. The molecule has 1 atom stereocenters. The molecule has 0 aromatic carbocycles. The Bertz CT molecular complexity index is 321. The minimum atomic E-state index is 0.280. The third-order valence-electron chi connectivity index (χ3n) is 5.37. The van der Waals surface area contributed by atoms with Gasteiger partial charge in [-0.25, -0.2) is 4.79 Å². The van der Waals surface area contributed by atoms with Crippen molar-refractivity contribution in [2.45, 2.75) is 57.0 Å². The van der Waals surface area contributed by atoms with Crippen molar-refractivity contribution in [2.75, 3.05) is 26.7 Å². The maximum Gasteiger partial charge on any atom is 0.320 e. The standard InChI is InChI=1S/C15H27N3O/c1-17-14(12-5-3-2-4-6-12)11-18(15(17)19)13-7-9-16-10-8-13/h12-14,16H,2-11H2,1H3. The molecule has 0 aromatic rings. The summed E-state index contributed by atoms with van der Waals surface area (Å²) in [7, 11) is 2.02. The van der Waals surface area contributed by atoms with Crippen molar-refractivity contribution >= 4 is 6.03 Å². The zero-order valence-corrected chi connectivity index (χ0v) is 12.1. The van der Waals surface area contributed by atoms with Crippen LogP contribution in [-0.4, -0.2) is 54.6 Å². The lowest BCUT2D eigenvalue weighted by Crippen LogP contribution is -2.44. The predicted octanol–water partition coefficient (Wildman–Crippen LogP) is 2.05. The van der Waals surface area contributed by atoms with Crippen molar-refractivity contribution in [3.05, 3.63) is 0 Å². The summed E-state index contributed by atoms with van der Waals surface area (Å²) in [6.45, 7) is 3.10. The van der Waals surface area contributed by atoms with Crippen LogP contribution in [0.5, 0.6) is 0 Å². The highest BCUT2D eigenvalue weighted by Gasteiger charge is 2.42. The second-order valence-electron chi connectivity index (χ2n) is 6.49. The largest absolute Gasteiger partial charge is 0.323 e. The van der Waals surface area contributed by atoms with Gasteiger partial charge in [0.15, 0.2) is 0 Å². The molecule has 2 amide bonds. The molecule has 1 unspecified atom stereocenters. The van der Waals surface area contributed by atoms with Crippen molar-refractivity contribution in [1.82, 2.24) is 15.1 Å². The number of amides is 2. The second kappa shape index (κ2) is 5.70. The molecule has 0 spiro atoms. The van der Waals surface area contributed by atoms with Gasteiger partial charge in [0.1, 0.15) is 0 Å². The number of carbonyl (C=O) groups excluding carboxylic acids is 1. The Morgan fingerprint density at radius 2 is 1.74 bits per heavy atom. The molecule has 0 radical (unpaired) electrons. The molecule has 2 aliphatic heterocycles. The Morgan fingerprint density at radius 3 is 2.42 bits per heavy atom. The predicted molar refractivity (Wildman–Crippen MR) is 76.1 cm³/mol.